The van der Waals surface area contributed by atoms with Gasteiger partial charge in [0.2, 0.25) is 0 Å². The van der Waals surface area contributed by atoms with Crippen LogP contribution in [0.3, 0.4) is 0 Å². The van der Waals surface area contributed by atoms with Crippen LogP contribution in [-0.2, 0) is 0 Å². The van der Waals surface area contributed by atoms with Gasteiger partial charge < -0.3 is 4.98 Å². The number of halogens is 1. The lowest BCUT2D eigenvalue weighted by molar-refractivity contribution is 0.627. The number of aryl methyl sites for hydroxylation is 1. The molecule has 0 aliphatic carbocycles. The molecule has 0 saturated heterocycles. The number of para-hydroxylation sites is 2. The average Bonchev–Trinajstić information content (AvgIpc) is 2.94. The summed E-state index contributed by atoms with van der Waals surface area (Å²) in [6.45, 7) is 3.83. The summed E-state index contributed by atoms with van der Waals surface area (Å²) in [7, 11) is 0. The second-order valence-electron chi connectivity index (χ2n) is 6.27. The van der Waals surface area contributed by atoms with Gasteiger partial charge in [-0.1, -0.05) is 12.1 Å². The second-order valence-corrected chi connectivity index (χ2v) is 6.27. The lowest BCUT2D eigenvalue weighted by atomic mass is 10.1. The van der Waals surface area contributed by atoms with E-state index in [0.717, 1.165) is 28.2 Å². The van der Waals surface area contributed by atoms with Crippen LogP contribution in [0.5, 0.6) is 0 Å². The van der Waals surface area contributed by atoms with Crippen LogP contribution in [0, 0.1) is 19.7 Å². The maximum absolute atomic E-state index is 13.2. The highest BCUT2D eigenvalue weighted by Gasteiger charge is 2.11. The molecule has 2 heterocycles. The normalized spacial score (nSPS) is 11.5. The van der Waals surface area contributed by atoms with Gasteiger partial charge in [0.25, 0.3) is 5.56 Å². The van der Waals surface area contributed by atoms with E-state index in [-0.39, 0.29) is 11.4 Å². The van der Waals surface area contributed by atoms with E-state index in [2.05, 4.69) is 15.1 Å². The summed E-state index contributed by atoms with van der Waals surface area (Å²) in [4.78, 5) is 19.5. The van der Waals surface area contributed by atoms with Gasteiger partial charge in [-0.15, -0.1) is 0 Å². The summed E-state index contributed by atoms with van der Waals surface area (Å²) in [5.41, 5.74) is 4.90. The number of H-pyrrole nitrogens is 1. The Hall–Kier alpha value is -3.54. The van der Waals surface area contributed by atoms with Gasteiger partial charge in [0.05, 0.1) is 22.4 Å². The smallest absolute Gasteiger partial charge is 0.274 e. The highest BCUT2D eigenvalue weighted by molar-refractivity contribution is 5.77. The van der Waals surface area contributed by atoms with Crippen LogP contribution < -0.4 is 5.56 Å². The molecule has 0 bridgehead atoms. The molecule has 0 atom stereocenters. The van der Waals surface area contributed by atoms with Gasteiger partial charge in [-0.05, 0) is 62.4 Å². The number of fused-ring (bicyclic) bond motifs is 1. The van der Waals surface area contributed by atoms with Gasteiger partial charge in [0.1, 0.15) is 11.5 Å². The molecule has 5 nitrogen and oxygen atoms in total. The van der Waals surface area contributed by atoms with Crippen molar-refractivity contribution in [3.8, 4) is 5.69 Å². The molecule has 1 N–H and O–H groups in total. The molecule has 134 valence electrons. The quantitative estimate of drug-likeness (QED) is 0.600. The SMILES string of the molecule is Cc1nn(-c2ccc(F)cc2)c(C)c1/C=C/c1nc2ccccc2[nH]c1=O. The molecule has 0 spiro atoms. The molecule has 0 fully saturated rings. The van der Waals surface area contributed by atoms with Crippen molar-refractivity contribution in [1.82, 2.24) is 19.7 Å². The van der Waals surface area contributed by atoms with Crippen molar-refractivity contribution >= 4 is 23.2 Å². The van der Waals surface area contributed by atoms with E-state index in [0.29, 0.717) is 11.2 Å². The lowest BCUT2D eigenvalue weighted by Crippen LogP contribution is -2.11. The molecule has 0 radical (unpaired) electrons. The van der Waals surface area contributed by atoms with Gasteiger partial charge in [-0.25, -0.2) is 14.1 Å². The Morgan fingerprint density at radius 1 is 1.04 bits per heavy atom. The minimum atomic E-state index is -0.290. The number of aromatic amines is 1. The molecule has 0 saturated carbocycles. The Bertz CT molecular complexity index is 1220. The fourth-order valence-electron chi connectivity index (χ4n) is 3.05. The summed E-state index contributed by atoms with van der Waals surface area (Å²) in [5, 5.41) is 4.53. The molecule has 0 amide bonds. The number of rotatable bonds is 3. The Morgan fingerprint density at radius 2 is 1.78 bits per heavy atom. The third-order valence-electron chi connectivity index (χ3n) is 4.45. The minimum Gasteiger partial charge on any atom is -0.319 e. The van der Waals surface area contributed by atoms with Crippen molar-refractivity contribution in [2.75, 3.05) is 0 Å². The van der Waals surface area contributed by atoms with E-state index < -0.39 is 0 Å². The first-order chi connectivity index (χ1) is 13.0. The van der Waals surface area contributed by atoms with Crippen LogP contribution in [0.4, 0.5) is 4.39 Å². The first-order valence-electron chi connectivity index (χ1n) is 8.52. The van der Waals surface area contributed by atoms with Gasteiger partial charge in [-0.2, -0.15) is 5.10 Å². The standard InChI is InChI=1S/C21H17FN4O/c1-13-17(14(2)26(25-13)16-9-7-15(22)8-10-16)11-12-20-21(27)24-19-6-4-3-5-18(19)23-20/h3-12H,1-2H3,(H,24,27)/b12-11+. The van der Waals surface area contributed by atoms with Gasteiger partial charge >= 0.3 is 0 Å². The molecule has 4 rings (SSSR count). The van der Waals surface area contributed by atoms with Crippen LogP contribution in [-0.4, -0.2) is 19.7 Å². The first-order valence-corrected chi connectivity index (χ1v) is 8.52. The second kappa shape index (κ2) is 6.64. The van der Waals surface area contributed by atoms with Crippen molar-refractivity contribution in [2.45, 2.75) is 13.8 Å². The van der Waals surface area contributed by atoms with E-state index in [1.807, 2.05) is 44.2 Å². The number of benzene rings is 2. The molecule has 0 unspecified atom stereocenters. The Morgan fingerprint density at radius 3 is 2.56 bits per heavy atom. The fraction of sp³-hybridized carbons (Fsp3) is 0.0952. The molecule has 2 aromatic carbocycles. The fourth-order valence-corrected chi connectivity index (χ4v) is 3.05. The zero-order chi connectivity index (χ0) is 19.0. The van der Waals surface area contributed by atoms with Crippen LogP contribution >= 0.6 is 0 Å². The van der Waals surface area contributed by atoms with Gasteiger partial charge in [-0.3, -0.25) is 4.79 Å². The Kier molecular flexibility index (Phi) is 4.16. The average molecular weight is 360 g/mol. The van der Waals surface area contributed by atoms with E-state index in [4.69, 9.17) is 0 Å². The third kappa shape index (κ3) is 3.17. The number of hydrogen-bond donors (Lipinski definition) is 1. The number of aromatic nitrogens is 4. The number of nitrogens with one attached hydrogen (secondary N) is 1. The summed E-state index contributed by atoms with van der Waals surface area (Å²) >= 11 is 0. The summed E-state index contributed by atoms with van der Waals surface area (Å²) < 4.78 is 14.9. The van der Waals surface area contributed by atoms with E-state index >= 15 is 0 Å². The van der Waals surface area contributed by atoms with Crippen molar-refractivity contribution in [3.05, 3.63) is 87.3 Å². The molecule has 0 aliphatic rings. The molecule has 2 aromatic heterocycles. The van der Waals surface area contributed by atoms with Crippen molar-refractivity contribution in [2.24, 2.45) is 0 Å². The van der Waals surface area contributed by atoms with Crippen LogP contribution in [0.2, 0.25) is 0 Å². The topological polar surface area (TPSA) is 63.6 Å². The molecular formula is C21H17FN4O. The molecule has 4 aromatic rings. The number of nitrogens with zero attached hydrogens (tertiary/aromatic N) is 3. The van der Waals surface area contributed by atoms with Crippen molar-refractivity contribution < 1.29 is 4.39 Å². The Labute approximate surface area is 154 Å². The van der Waals surface area contributed by atoms with Crippen LogP contribution in [0.15, 0.2) is 53.3 Å². The Balaban J connectivity index is 1.74. The predicted octanol–water partition coefficient (Wildman–Crippen LogP) is 4.04. The van der Waals surface area contributed by atoms with Crippen LogP contribution in [0.1, 0.15) is 22.6 Å². The number of hydrogen-bond acceptors (Lipinski definition) is 3. The van der Waals surface area contributed by atoms with E-state index in [1.165, 1.54) is 12.1 Å². The molecule has 6 heteroatoms. The zero-order valence-corrected chi connectivity index (χ0v) is 14.9. The maximum atomic E-state index is 13.2. The largest absolute Gasteiger partial charge is 0.319 e. The first kappa shape index (κ1) is 16.9. The summed E-state index contributed by atoms with van der Waals surface area (Å²) in [6.07, 6.45) is 3.53. The van der Waals surface area contributed by atoms with E-state index in [1.54, 1.807) is 22.9 Å². The summed E-state index contributed by atoms with van der Waals surface area (Å²) in [5.74, 6) is -0.290. The monoisotopic (exact) mass is 360 g/mol. The molecule has 0 aliphatic heterocycles. The zero-order valence-electron chi connectivity index (χ0n) is 14.9. The lowest BCUT2D eigenvalue weighted by Gasteiger charge is -2.04. The van der Waals surface area contributed by atoms with Crippen LogP contribution in [0.25, 0.3) is 28.9 Å². The van der Waals surface area contributed by atoms with Crippen molar-refractivity contribution in [1.29, 1.82) is 0 Å². The molecular weight excluding hydrogens is 343 g/mol. The van der Waals surface area contributed by atoms with Crippen molar-refractivity contribution in [3.63, 3.8) is 0 Å². The highest BCUT2D eigenvalue weighted by Crippen LogP contribution is 2.20. The summed E-state index contributed by atoms with van der Waals surface area (Å²) in [6, 6.07) is 13.6. The minimum absolute atomic E-state index is 0.244. The molecule has 27 heavy (non-hydrogen) atoms. The predicted molar refractivity (Wildman–Crippen MR) is 104 cm³/mol. The van der Waals surface area contributed by atoms with Gasteiger partial charge in [0.15, 0.2) is 0 Å². The highest BCUT2D eigenvalue weighted by atomic mass is 19.1. The third-order valence-corrected chi connectivity index (χ3v) is 4.45. The van der Waals surface area contributed by atoms with E-state index in [9.17, 15) is 9.18 Å². The maximum Gasteiger partial charge on any atom is 0.274 e. The van der Waals surface area contributed by atoms with Gasteiger partial charge in [0, 0.05) is 11.3 Å².